The summed E-state index contributed by atoms with van der Waals surface area (Å²) in [6.07, 6.45) is -4.57. The Kier molecular flexibility index (Phi) is 9.37. The zero-order valence-corrected chi connectivity index (χ0v) is 17.9. The van der Waals surface area contributed by atoms with Crippen molar-refractivity contribution in [2.24, 2.45) is 11.8 Å². The zero-order chi connectivity index (χ0) is 24.0. The van der Waals surface area contributed by atoms with E-state index in [-0.39, 0.29) is 18.6 Å². The summed E-state index contributed by atoms with van der Waals surface area (Å²) in [5, 5.41) is 48.9. The minimum absolute atomic E-state index is 0.0730. The van der Waals surface area contributed by atoms with Crippen molar-refractivity contribution in [1.29, 1.82) is 0 Å². The van der Waals surface area contributed by atoms with E-state index in [0.717, 1.165) is 6.26 Å². The maximum atomic E-state index is 11.9. The summed E-state index contributed by atoms with van der Waals surface area (Å²) < 4.78 is 21.5. The van der Waals surface area contributed by atoms with Crippen LogP contribution >= 0.6 is 0 Å². The van der Waals surface area contributed by atoms with Crippen molar-refractivity contribution >= 4 is 11.9 Å². The van der Waals surface area contributed by atoms with E-state index >= 15 is 0 Å². The number of aliphatic hydroxyl groups is 4. The molecule has 0 bridgehead atoms. The van der Waals surface area contributed by atoms with Gasteiger partial charge in [-0.15, -0.1) is 6.58 Å². The van der Waals surface area contributed by atoms with Crippen LogP contribution in [0.5, 0.6) is 0 Å². The number of hydrogen-bond acceptors (Lipinski definition) is 10. The van der Waals surface area contributed by atoms with E-state index in [1.807, 2.05) is 0 Å². The molecule has 32 heavy (non-hydrogen) atoms. The Hall–Kier alpha value is -2.28. The molecule has 2 aliphatic rings. The van der Waals surface area contributed by atoms with Gasteiger partial charge >= 0.3 is 11.9 Å². The average molecular weight is 458 g/mol. The van der Waals surface area contributed by atoms with E-state index in [4.69, 9.17) is 18.9 Å². The number of hydrogen-bond donors (Lipinski definition) is 5. The Labute approximate surface area is 185 Å². The van der Waals surface area contributed by atoms with E-state index in [9.17, 15) is 35.1 Å². The van der Waals surface area contributed by atoms with Gasteiger partial charge in [-0.1, -0.05) is 12.2 Å². The number of carboxylic acid groups (broad SMARTS) is 1. The van der Waals surface area contributed by atoms with E-state index in [1.165, 1.54) is 6.08 Å². The number of carbonyl (C=O) groups excluding carboxylic acids is 1. The molecule has 180 valence electrons. The number of aliphatic hydroxyl groups excluding tert-OH is 4. The Bertz CT molecular complexity index is 744. The fourth-order valence-electron chi connectivity index (χ4n) is 3.49. The van der Waals surface area contributed by atoms with Crippen LogP contribution in [0.15, 0.2) is 36.1 Å². The molecule has 0 saturated carbocycles. The summed E-state index contributed by atoms with van der Waals surface area (Å²) in [4.78, 5) is 23.6. The molecular formula is C21H30O11. The second kappa shape index (κ2) is 11.5. The first-order valence-corrected chi connectivity index (χ1v) is 10.1. The van der Waals surface area contributed by atoms with Crippen LogP contribution < -0.4 is 0 Å². The molecule has 0 radical (unpaired) electrons. The number of carboxylic acids is 1. The molecule has 2 heterocycles. The molecule has 1 fully saturated rings. The van der Waals surface area contributed by atoms with Gasteiger partial charge in [0.25, 0.3) is 0 Å². The van der Waals surface area contributed by atoms with Crippen molar-refractivity contribution in [3.63, 3.8) is 0 Å². The summed E-state index contributed by atoms with van der Waals surface area (Å²) in [7, 11) is 0. The monoisotopic (exact) mass is 458 g/mol. The Morgan fingerprint density at radius 3 is 2.44 bits per heavy atom. The molecule has 0 aliphatic carbocycles. The topological polar surface area (TPSA) is 172 Å². The fraction of sp³-hybridized carbons (Fsp3) is 0.619. The quantitative estimate of drug-likeness (QED) is 0.170. The molecule has 11 nitrogen and oxygen atoms in total. The minimum atomic E-state index is -1.66. The molecule has 0 spiro atoms. The second-order valence-corrected chi connectivity index (χ2v) is 7.53. The van der Waals surface area contributed by atoms with Gasteiger partial charge in [-0.2, -0.15) is 0 Å². The average Bonchev–Trinajstić information content (AvgIpc) is 2.78. The van der Waals surface area contributed by atoms with Crippen molar-refractivity contribution in [1.82, 2.24) is 0 Å². The first-order valence-electron chi connectivity index (χ1n) is 10.1. The molecule has 8 unspecified atom stereocenters. The van der Waals surface area contributed by atoms with Crippen LogP contribution in [0.25, 0.3) is 0 Å². The lowest BCUT2D eigenvalue weighted by atomic mass is 9.82. The van der Waals surface area contributed by atoms with Crippen LogP contribution in [0, 0.1) is 11.8 Å². The third-order valence-electron chi connectivity index (χ3n) is 5.56. The van der Waals surface area contributed by atoms with Crippen LogP contribution in [0.1, 0.15) is 20.3 Å². The highest BCUT2D eigenvalue weighted by Crippen LogP contribution is 2.36. The van der Waals surface area contributed by atoms with Crippen LogP contribution in [0.2, 0.25) is 0 Å². The van der Waals surface area contributed by atoms with Crippen molar-refractivity contribution in [2.45, 2.75) is 57.3 Å². The predicted octanol–water partition coefficient (Wildman–Crippen LogP) is -0.554. The molecule has 2 aliphatic heterocycles. The van der Waals surface area contributed by atoms with Crippen molar-refractivity contribution in [3.05, 3.63) is 36.1 Å². The number of carbonyl (C=O) groups is 2. The first-order chi connectivity index (χ1) is 15.2. The molecule has 1 saturated heterocycles. The molecule has 0 amide bonds. The summed E-state index contributed by atoms with van der Waals surface area (Å²) in [5.41, 5.74) is 0.331. The highest BCUT2D eigenvalue weighted by Gasteiger charge is 2.47. The molecule has 0 aromatic rings. The van der Waals surface area contributed by atoms with Gasteiger partial charge in [0, 0.05) is 17.4 Å². The summed E-state index contributed by atoms with van der Waals surface area (Å²) in [6, 6.07) is 0. The normalized spacial score (nSPS) is 35.4. The van der Waals surface area contributed by atoms with Gasteiger partial charge in [0.2, 0.25) is 6.29 Å². The molecule has 0 aromatic carbocycles. The van der Waals surface area contributed by atoms with Crippen molar-refractivity contribution in [3.8, 4) is 0 Å². The van der Waals surface area contributed by atoms with Gasteiger partial charge < -0.3 is 44.5 Å². The molecule has 2 rings (SSSR count). The van der Waals surface area contributed by atoms with Gasteiger partial charge in [0.15, 0.2) is 6.29 Å². The number of allylic oxidation sites excluding steroid dienone is 1. The number of ether oxygens (including phenoxy) is 4. The molecular weight excluding hydrogens is 428 g/mol. The largest absolute Gasteiger partial charge is 0.478 e. The SMILES string of the molecule is C=CC1C(OC2OC(CO)C(O)C(O)C2O)OC=C(C(=O)O)C1CCOC(=O)C(C)=CC. The van der Waals surface area contributed by atoms with Crippen LogP contribution in [-0.4, -0.2) is 87.7 Å². The minimum Gasteiger partial charge on any atom is -0.478 e. The lowest BCUT2D eigenvalue weighted by Gasteiger charge is -2.43. The third-order valence-corrected chi connectivity index (χ3v) is 5.56. The Morgan fingerprint density at radius 2 is 1.88 bits per heavy atom. The summed E-state index contributed by atoms with van der Waals surface area (Å²) in [5.74, 6) is -3.22. The lowest BCUT2D eigenvalue weighted by Crippen LogP contribution is -2.60. The summed E-state index contributed by atoms with van der Waals surface area (Å²) >= 11 is 0. The van der Waals surface area contributed by atoms with E-state index in [1.54, 1.807) is 19.9 Å². The maximum absolute atomic E-state index is 11.9. The Balaban J connectivity index is 2.16. The van der Waals surface area contributed by atoms with Gasteiger partial charge in [-0.25, -0.2) is 9.59 Å². The number of rotatable bonds is 9. The number of aliphatic carboxylic acids is 1. The molecule has 5 N–H and O–H groups in total. The van der Waals surface area contributed by atoms with Crippen molar-refractivity contribution in [2.75, 3.05) is 13.2 Å². The fourth-order valence-corrected chi connectivity index (χ4v) is 3.49. The maximum Gasteiger partial charge on any atom is 0.334 e. The smallest absolute Gasteiger partial charge is 0.334 e. The van der Waals surface area contributed by atoms with Gasteiger partial charge in [0.05, 0.1) is 25.0 Å². The van der Waals surface area contributed by atoms with Crippen LogP contribution in [-0.2, 0) is 28.5 Å². The third kappa shape index (κ3) is 5.74. The van der Waals surface area contributed by atoms with Gasteiger partial charge in [-0.05, 0) is 20.3 Å². The van der Waals surface area contributed by atoms with Crippen LogP contribution in [0.4, 0.5) is 0 Å². The first kappa shape index (κ1) is 26.0. The highest BCUT2D eigenvalue weighted by atomic mass is 16.8. The molecule has 11 heteroatoms. The standard InChI is InChI=1S/C21H30O11/c1-4-10(3)19(28)29-7-6-12-11(5-2)20(30-9-13(12)18(26)27)32-21-17(25)16(24)15(23)14(8-22)31-21/h4-5,9,11-12,14-17,20-25H,2,6-8H2,1,3H3,(H,26,27). The van der Waals surface area contributed by atoms with Crippen molar-refractivity contribution < 1.29 is 54.1 Å². The van der Waals surface area contributed by atoms with E-state index in [2.05, 4.69) is 6.58 Å². The zero-order valence-electron chi connectivity index (χ0n) is 17.9. The second-order valence-electron chi connectivity index (χ2n) is 7.53. The van der Waals surface area contributed by atoms with Gasteiger partial charge in [0.1, 0.15) is 24.4 Å². The van der Waals surface area contributed by atoms with E-state index < -0.39 is 67.4 Å². The molecule has 8 atom stereocenters. The number of esters is 1. The summed E-state index contributed by atoms with van der Waals surface area (Å²) in [6.45, 7) is 6.28. The van der Waals surface area contributed by atoms with Crippen LogP contribution in [0.3, 0.4) is 0 Å². The highest BCUT2D eigenvalue weighted by molar-refractivity contribution is 5.88. The lowest BCUT2D eigenvalue weighted by molar-refractivity contribution is -0.339. The van der Waals surface area contributed by atoms with E-state index in [0.29, 0.717) is 5.57 Å². The predicted molar refractivity (Wildman–Crippen MR) is 108 cm³/mol. The van der Waals surface area contributed by atoms with Gasteiger partial charge in [-0.3, -0.25) is 0 Å². The Morgan fingerprint density at radius 1 is 1.19 bits per heavy atom. The molecule has 0 aromatic heterocycles.